The number of halogens is 1. The van der Waals surface area contributed by atoms with Gasteiger partial charge in [0.2, 0.25) is 0 Å². The smallest absolute Gasteiger partial charge is 0.122 e. The van der Waals surface area contributed by atoms with Crippen LogP contribution in [0.2, 0.25) is 0 Å². The summed E-state index contributed by atoms with van der Waals surface area (Å²) in [4.78, 5) is 1.32. The minimum absolute atomic E-state index is 0.241. The number of benzene rings is 1. The van der Waals surface area contributed by atoms with Gasteiger partial charge in [0.05, 0.1) is 12.6 Å². The fourth-order valence-electron chi connectivity index (χ4n) is 2.35. The van der Waals surface area contributed by atoms with Gasteiger partial charge in [-0.15, -0.1) is 11.3 Å². The van der Waals surface area contributed by atoms with Gasteiger partial charge in [0, 0.05) is 15.8 Å². The van der Waals surface area contributed by atoms with Crippen molar-refractivity contribution in [2.45, 2.75) is 12.5 Å². The normalized spacial score (nSPS) is 15.2. The highest BCUT2D eigenvalue weighted by Gasteiger charge is 2.19. The molecule has 0 bridgehead atoms. The van der Waals surface area contributed by atoms with Gasteiger partial charge >= 0.3 is 0 Å². The number of nitrogens with one attached hydrogen (secondary N) is 1. The topological polar surface area (TPSA) is 21.3 Å². The average Bonchev–Trinajstić information content (AvgIpc) is 2.99. The molecule has 2 heterocycles. The molecule has 0 saturated heterocycles. The van der Waals surface area contributed by atoms with Gasteiger partial charge in [0.15, 0.2) is 0 Å². The summed E-state index contributed by atoms with van der Waals surface area (Å²) < 4.78 is 6.72. The van der Waals surface area contributed by atoms with Gasteiger partial charge in [-0.05, 0) is 51.6 Å². The second kappa shape index (κ2) is 5.03. The van der Waals surface area contributed by atoms with E-state index in [1.165, 1.54) is 20.5 Å². The molecule has 1 aromatic heterocycles. The molecule has 1 aromatic carbocycles. The number of ether oxygens (including phenoxy) is 1. The van der Waals surface area contributed by atoms with Crippen LogP contribution < -0.4 is 10.1 Å². The van der Waals surface area contributed by atoms with Gasteiger partial charge in [-0.25, -0.2) is 0 Å². The third-order valence-electron chi connectivity index (χ3n) is 3.24. The molecule has 1 unspecified atom stereocenters. The van der Waals surface area contributed by atoms with Gasteiger partial charge in [-0.2, -0.15) is 0 Å². The van der Waals surface area contributed by atoms with E-state index in [4.69, 9.17) is 4.74 Å². The number of hydrogen-bond donors (Lipinski definition) is 1. The molecule has 3 rings (SSSR count). The van der Waals surface area contributed by atoms with Gasteiger partial charge in [0.1, 0.15) is 5.75 Å². The van der Waals surface area contributed by atoms with E-state index < -0.39 is 0 Å². The van der Waals surface area contributed by atoms with Gasteiger partial charge in [-0.1, -0.05) is 12.1 Å². The van der Waals surface area contributed by atoms with Crippen LogP contribution in [0.5, 0.6) is 5.75 Å². The van der Waals surface area contributed by atoms with Crippen molar-refractivity contribution in [3.63, 3.8) is 0 Å². The van der Waals surface area contributed by atoms with Crippen molar-refractivity contribution in [3.8, 4) is 5.75 Å². The van der Waals surface area contributed by atoms with Crippen molar-refractivity contribution in [3.05, 3.63) is 50.1 Å². The Kier molecular flexibility index (Phi) is 3.41. The lowest BCUT2D eigenvalue weighted by atomic mass is 10.0. The molecule has 1 N–H and O–H groups in total. The first-order valence-electron chi connectivity index (χ1n) is 5.95. The number of rotatable bonds is 3. The first-order chi connectivity index (χ1) is 8.79. The van der Waals surface area contributed by atoms with E-state index in [1.807, 2.05) is 7.05 Å². The van der Waals surface area contributed by atoms with Crippen molar-refractivity contribution in [1.29, 1.82) is 0 Å². The first-order valence-corrected chi connectivity index (χ1v) is 7.62. The van der Waals surface area contributed by atoms with Crippen LogP contribution in [0, 0.1) is 0 Å². The zero-order chi connectivity index (χ0) is 12.5. The minimum atomic E-state index is 0.241. The predicted molar refractivity (Wildman–Crippen MR) is 78.6 cm³/mol. The highest BCUT2D eigenvalue weighted by atomic mass is 79.9. The van der Waals surface area contributed by atoms with Gasteiger partial charge in [0.25, 0.3) is 0 Å². The third kappa shape index (κ3) is 2.09. The summed E-state index contributed by atoms with van der Waals surface area (Å²) in [6.07, 6.45) is 1.02. The summed E-state index contributed by atoms with van der Waals surface area (Å²) in [5, 5.41) is 5.50. The number of hydrogen-bond acceptors (Lipinski definition) is 3. The molecular formula is C14H14BrNOS. The number of fused-ring (bicyclic) bond motifs is 1. The Morgan fingerprint density at radius 3 is 3.00 bits per heavy atom. The molecule has 0 radical (unpaired) electrons. The molecular weight excluding hydrogens is 310 g/mol. The van der Waals surface area contributed by atoms with Crippen LogP contribution in [0.25, 0.3) is 0 Å². The highest BCUT2D eigenvalue weighted by molar-refractivity contribution is 9.10. The Balaban J connectivity index is 2.00. The molecule has 1 atom stereocenters. The molecule has 18 heavy (non-hydrogen) atoms. The maximum absolute atomic E-state index is 5.55. The van der Waals surface area contributed by atoms with Crippen molar-refractivity contribution >= 4 is 27.3 Å². The second-order valence-corrected chi connectivity index (χ2v) is 6.12. The molecule has 0 spiro atoms. The first kappa shape index (κ1) is 12.2. The lowest BCUT2D eigenvalue weighted by molar-refractivity contribution is 0.357. The zero-order valence-corrected chi connectivity index (χ0v) is 12.5. The van der Waals surface area contributed by atoms with Crippen LogP contribution in [0.3, 0.4) is 0 Å². The van der Waals surface area contributed by atoms with Crippen molar-refractivity contribution in [1.82, 2.24) is 5.32 Å². The van der Waals surface area contributed by atoms with Crippen LogP contribution in [-0.4, -0.2) is 13.7 Å². The average molecular weight is 324 g/mol. The fourth-order valence-corrected chi connectivity index (χ4v) is 4.08. The maximum atomic E-state index is 5.55. The Morgan fingerprint density at radius 1 is 1.39 bits per heavy atom. The Bertz CT molecular complexity index is 567. The van der Waals surface area contributed by atoms with Crippen LogP contribution in [0.4, 0.5) is 0 Å². The van der Waals surface area contributed by atoms with Gasteiger partial charge in [-0.3, -0.25) is 0 Å². The Hall–Kier alpha value is -0.840. The van der Waals surface area contributed by atoms with Crippen molar-refractivity contribution in [2.75, 3.05) is 13.7 Å². The lowest BCUT2D eigenvalue weighted by Crippen LogP contribution is -2.16. The Morgan fingerprint density at radius 2 is 2.28 bits per heavy atom. The van der Waals surface area contributed by atoms with Crippen molar-refractivity contribution in [2.24, 2.45) is 0 Å². The monoisotopic (exact) mass is 323 g/mol. The summed E-state index contributed by atoms with van der Waals surface area (Å²) in [5.74, 6) is 1.04. The molecule has 0 fully saturated rings. The van der Waals surface area contributed by atoms with E-state index in [0.717, 1.165) is 18.8 Å². The van der Waals surface area contributed by atoms with Crippen LogP contribution in [-0.2, 0) is 6.42 Å². The number of thiophene rings is 1. The van der Waals surface area contributed by atoms with Gasteiger partial charge < -0.3 is 10.1 Å². The van der Waals surface area contributed by atoms with E-state index in [0.29, 0.717) is 0 Å². The molecule has 1 aliphatic rings. The van der Waals surface area contributed by atoms with Crippen LogP contribution in [0.15, 0.2) is 34.1 Å². The quantitative estimate of drug-likeness (QED) is 0.928. The van der Waals surface area contributed by atoms with E-state index in [2.05, 4.69) is 50.9 Å². The molecule has 2 nitrogen and oxygen atoms in total. The maximum Gasteiger partial charge on any atom is 0.122 e. The summed E-state index contributed by atoms with van der Waals surface area (Å²) in [6, 6.07) is 8.84. The summed E-state index contributed by atoms with van der Waals surface area (Å²) in [5.41, 5.74) is 2.62. The molecule has 0 aliphatic carbocycles. The van der Waals surface area contributed by atoms with Crippen molar-refractivity contribution < 1.29 is 4.74 Å². The second-order valence-electron chi connectivity index (χ2n) is 4.32. The molecule has 94 valence electrons. The molecule has 1 aliphatic heterocycles. The van der Waals surface area contributed by atoms with E-state index in [9.17, 15) is 0 Å². The fraction of sp³-hybridized carbons (Fsp3) is 0.286. The van der Waals surface area contributed by atoms with Crippen LogP contribution in [0.1, 0.15) is 22.0 Å². The molecule has 2 aromatic rings. The summed E-state index contributed by atoms with van der Waals surface area (Å²) >= 11 is 5.38. The van der Waals surface area contributed by atoms with E-state index >= 15 is 0 Å². The highest BCUT2D eigenvalue weighted by Crippen LogP contribution is 2.35. The standard InChI is InChI=1S/C14H14BrNOS/c1-16-13(14-11(15)5-7-18-14)10-2-3-12-9(8-10)4-6-17-12/h2-3,5,7-8,13,16H,4,6H2,1H3. The third-order valence-corrected chi connectivity index (χ3v) is 5.18. The molecule has 0 saturated carbocycles. The largest absolute Gasteiger partial charge is 0.493 e. The zero-order valence-electron chi connectivity index (χ0n) is 10.1. The van der Waals surface area contributed by atoms with E-state index in [-0.39, 0.29) is 6.04 Å². The predicted octanol–water partition coefficient (Wildman–Crippen LogP) is 3.75. The Labute approximate surface area is 119 Å². The molecule has 0 amide bonds. The summed E-state index contributed by atoms with van der Waals surface area (Å²) in [7, 11) is 2.00. The van der Waals surface area contributed by atoms with Crippen LogP contribution >= 0.6 is 27.3 Å². The minimum Gasteiger partial charge on any atom is -0.493 e. The molecule has 4 heteroatoms. The summed E-state index contributed by atoms with van der Waals surface area (Å²) in [6.45, 7) is 0.811. The SMILES string of the molecule is CNC(c1ccc2c(c1)CCO2)c1sccc1Br. The van der Waals surface area contributed by atoms with E-state index in [1.54, 1.807) is 11.3 Å². The lowest BCUT2D eigenvalue weighted by Gasteiger charge is -2.16.